The van der Waals surface area contributed by atoms with Gasteiger partial charge in [0.05, 0.1) is 11.1 Å². The molecule has 3 aromatic rings. The molecule has 0 aromatic carbocycles. The highest BCUT2D eigenvalue weighted by atomic mass is 32.2. The van der Waals surface area contributed by atoms with Crippen molar-refractivity contribution in [2.75, 3.05) is 0 Å². The second-order valence-corrected chi connectivity index (χ2v) is 7.30. The molecule has 120 valence electrons. The molecule has 3 aromatic heterocycles. The van der Waals surface area contributed by atoms with Crippen LogP contribution in [0.2, 0.25) is 0 Å². The number of hydrogen-bond donors (Lipinski definition) is 2. The molecule has 9 nitrogen and oxygen atoms in total. The molecule has 0 aliphatic heterocycles. The first-order chi connectivity index (χ1) is 11.0. The van der Waals surface area contributed by atoms with E-state index in [1.165, 1.54) is 0 Å². The fraction of sp³-hybridized carbons (Fsp3) is 0.385. The molecular formula is C13H14N6O3S. The first-order valence-electron chi connectivity index (χ1n) is 7.14. The quantitative estimate of drug-likeness (QED) is 0.709. The number of H-pyrrole nitrogens is 1. The van der Waals surface area contributed by atoms with Gasteiger partial charge in [-0.2, -0.15) is 4.98 Å². The van der Waals surface area contributed by atoms with Gasteiger partial charge in [0.2, 0.25) is 10.0 Å². The molecule has 2 N–H and O–H groups in total. The van der Waals surface area contributed by atoms with Crippen LogP contribution in [-0.4, -0.2) is 39.6 Å². The zero-order chi connectivity index (χ0) is 16.0. The van der Waals surface area contributed by atoms with Crippen LogP contribution in [0.1, 0.15) is 24.5 Å². The third kappa shape index (κ3) is 2.94. The van der Waals surface area contributed by atoms with Crippen molar-refractivity contribution < 1.29 is 12.9 Å². The van der Waals surface area contributed by atoms with E-state index in [2.05, 4.69) is 29.8 Å². The largest absolute Gasteiger partial charge is 0.340 e. The van der Waals surface area contributed by atoms with Crippen molar-refractivity contribution in [2.45, 2.75) is 31.6 Å². The standard InChI is InChI=1S/C13H14N6O3S/c1-7-15-11-9(4-5-14-12(11)16-7)13-17-10(18-22-13)6-23(20,21)19-8-2-3-8/h4-5,8,19H,2-3,6H2,1H3,(H,14,15,16). The fourth-order valence-corrected chi connectivity index (χ4v) is 3.58. The van der Waals surface area contributed by atoms with E-state index >= 15 is 0 Å². The molecule has 0 amide bonds. The van der Waals surface area contributed by atoms with Gasteiger partial charge in [0.15, 0.2) is 11.5 Å². The normalized spacial score (nSPS) is 15.3. The lowest BCUT2D eigenvalue weighted by atomic mass is 10.2. The number of nitrogens with one attached hydrogen (secondary N) is 2. The Labute approximate surface area is 131 Å². The number of aryl methyl sites for hydroxylation is 1. The summed E-state index contributed by atoms with van der Waals surface area (Å²) in [6.45, 7) is 1.82. The van der Waals surface area contributed by atoms with Crippen LogP contribution in [0.5, 0.6) is 0 Å². The van der Waals surface area contributed by atoms with Crippen molar-refractivity contribution in [3.05, 3.63) is 23.9 Å². The molecule has 1 saturated carbocycles. The summed E-state index contributed by atoms with van der Waals surface area (Å²) in [5.74, 6) is 0.770. The summed E-state index contributed by atoms with van der Waals surface area (Å²) >= 11 is 0. The zero-order valence-corrected chi connectivity index (χ0v) is 13.1. The second-order valence-electron chi connectivity index (χ2n) is 5.55. The average molecular weight is 334 g/mol. The summed E-state index contributed by atoms with van der Waals surface area (Å²) in [7, 11) is -3.45. The Bertz CT molecular complexity index is 973. The predicted octanol–water partition coefficient (Wildman–Crippen LogP) is 0.898. The Kier molecular flexibility index (Phi) is 3.16. The van der Waals surface area contributed by atoms with E-state index in [1.807, 2.05) is 6.92 Å². The number of rotatable bonds is 5. The zero-order valence-electron chi connectivity index (χ0n) is 12.3. The van der Waals surface area contributed by atoms with Crippen LogP contribution in [0.4, 0.5) is 0 Å². The van der Waals surface area contributed by atoms with E-state index in [4.69, 9.17) is 4.52 Å². The highest BCUT2D eigenvalue weighted by Crippen LogP contribution is 2.25. The number of imidazole rings is 1. The number of aromatic nitrogens is 5. The highest BCUT2D eigenvalue weighted by Gasteiger charge is 2.28. The van der Waals surface area contributed by atoms with Gasteiger partial charge in [-0.05, 0) is 25.8 Å². The van der Waals surface area contributed by atoms with Gasteiger partial charge < -0.3 is 9.51 Å². The minimum atomic E-state index is -3.45. The van der Waals surface area contributed by atoms with Crippen molar-refractivity contribution in [2.24, 2.45) is 0 Å². The molecule has 1 fully saturated rings. The molecule has 0 radical (unpaired) electrons. The van der Waals surface area contributed by atoms with Crippen molar-refractivity contribution in [1.29, 1.82) is 0 Å². The topological polar surface area (TPSA) is 127 Å². The van der Waals surface area contributed by atoms with Crippen LogP contribution in [-0.2, 0) is 15.8 Å². The third-order valence-corrected chi connectivity index (χ3v) is 4.78. The Morgan fingerprint density at radius 1 is 1.39 bits per heavy atom. The molecule has 0 bridgehead atoms. The maximum Gasteiger partial charge on any atom is 0.260 e. The molecule has 0 unspecified atom stereocenters. The van der Waals surface area contributed by atoms with Crippen molar-refractivity contribution >= 4 is 21.2 Å². The first-order valence-corrected chi connectivity index (χ1v) is 8.80. The fourth-order valence-electron chi connectivity index (χ4n) is 2.29. The molecule has 10 heteroatoms. The van der Waals surface area contributed by atoms with E-state index in [-0.39, 0.29) is 23.5 Å². The Morgan fingerprint density at radius 2 is 2.22 bits per heavy atom. The maximum absolute atomic E-state index is 12.0. The van der Waals surface area contributed by atoms with Gasteiger partial charge in [-0.1, -0.05) is 5.16 Å². The van der Waals surface area contributed by atoms with Crippen LogP contribution in [0.25, 0.3) is 22.6 Å². The minimum Gasteiger partial charge on any atom is -0.340 e. The molecular weight excluding hydrogens is 320 g/mol. The van der Waals surface area contributed by atoms with Gasteiger partial charge in [-0.3, -0.25) is 0 Å². The molecule has 23 heavy (non-hydrogen) atoms. The molecule has 3 heterocycles. The summed E-state index contributed by atoms with van der Waals surface area (Å²) in [6, 6.07) is 1.77. The lowest BCUT2D eigenvalue weighted by molar-refractivity contribution is 0.424. The van der Waals surface area contributed by atoms with E-state index in [9.17, 15) is 8.42 Å². The van der Waals surface area contributed by atoms with Gasteiger partial charge in [-0.25, -0.2) is 23.1 Å². The number of hydrogen-bond acceptors (Lipinski definition) is 7. The smallest absolute Gasteiger partial charge is 0.260 e. The van der Waals surface area contributed by atoms with E-state index in [0.717, 1.165) is 18.7 Å². The summed E-state index contributed by atoms with van der Waals surface area (Å²) < 4.78 is 31.7. The molecule has 4 rings (SSSR count). The molecule has 1 aliphatic rings. The lowest BCUT2D eigenvalue weighted by Gasteiger charge is -2.01. The van der Waals surface area contributed by atoms with E-state index in [0.29, 0.717) is 16.7 Å². The third-order valence-electron chi connectivity index (χ3n) is 3.45. The van der Waals surface area contributed by atoms with Gasteiger partial charge in [-0.15, -0.1) is 0 Å². The van der Waals surface area contributed by atoms with E-state index in [1.54, 1.807) is 12.3 Å². The average Bonchev–Trinajstić information content (AvgIpc) is 3.01. The Balaban J connectivity index is 1.64. The number of aromatic amines is 1. The van der Waals surface area contributed by atoms with Crippen LogP contribution < -0.4 is 4.72 Å². The van der Waals surface area contributed by atoms with Crippen molar-refractivity contribution in [1.82, 2.24) is 29.8 Å². The monoisotopic (exact) mass is 334 g/mol. The van der Waals surface area contributed by atoms with Crippen LogP contribution in [0.3, 0.4) is 0 Å². The van der Waals surface area contributed by atoms with Crippen LogP contribution >= 0.6 is 0 Å². The number of pyridine rings is 1. The van der Waals surface area contributed by atoms with Gasteiger partial charge in [0, 0.05) is 12.2 Å². The van der Waals surface area contributed by atoms with Crippen LogP contribution in [0, 0.1) is 6.92 Å². The SMILES string of the molecule is Cc1nc2nccc(-c3nc(CS(=O)(=O)NC4CC4)no3)c2[nH]1. The number of fused-ring (bicyclic) bond motifs is 1. The Morgan fingerprint density at radius 3 is 3.00 bits per heavy atom. The summed E-state index contributed by atoms with van der Waals surface area (Å²) in [6.07, 6.45) is 3.35. The molecule has 0 atom stereocenters. The minimum absolute atomic E-state index is 0.0548. The summed E-state index contributed by atoms with van der Waals surface area (Å²) in [5, 5.41) is 3.76. The number of sulfonamides is 1. The predicted molar refractivity (Wildman–Crippen MR) is 80.7 cm³/mol. The van der Waals surface area contributed by atoms with E-state index < -0.39 is 10.0 Å². The summed E-state index contributed by atoms with van der Waals surface area (Å²) in [4.78, 5) is 15.7. The van der Waals surface area contributed by atoms with Crippen LogP contribution in [0.15, 0.2) is 16.8 Å². The van der Waals surface area contributed by atoms with Gasteiger partial charge >= 0.3 is 0 Å². The highest BCUT2D eigenvalue weighted by molar-refractivity contribution is 7.88. The van der Waals surface area contributed by atoms with Gasteiger partial charge in [0.25, 0.3) is 5.89 Å². The maximum atomic E-state index is 12.0. The van der Waals surface area contributed by atoms with Gasteiger partial charge in [0.1, 0.15) is 11.6 Å². The summed E-state index contributed by atoms with van der Waals surface area (Å²) in [5.41, 5.74) is 1.86. The lowest BCUT2D eigenvalue weighted by Crippen LogP contribution is -2.27. The second kappa shape index (κ2) is 5.10. The Hall–Kier alpha value is -2.33. The molecule has 0 spiro atoms. The van der Waals surface area contributed by atoms with Crippen molar-refractivity contribution in [3.8, 4) is 11.5 Å². The van der Waals surface area contributed by atoms with Crippen molar-refractivity contribution in [3.63, 3.8) is 0 Å². The first kappa shape index (κ1) is 14.3. The molecule has 0 saturated heterocycles. The molecule has 1 aliphatic carbocycles. The number of nitrogens with zero attached hydrogens (tertiary/aromatic N) is 4.